The van der Waals surface area contributed by atoms with Crippen LogP contribution in [0.25, 0.3) is 0 Å². The van der Waals surface area contributed by atoms with Crippen LogP contribution >= 0.6 is 20.8 Å². The van der Waals surface area contributed by atoms with Crippen LogP contribution in [0.1, 0.15) is 17.3 Å². The Labute approximate surface area is 73.0 Å². The maximum atomic E-state index is 10.9. The molecule has 1 unspecified atom stereocenters. The molecule has 0 amide bonds. The molecule has 0 saturated heterocycles. The molecule has 1 atom stereocenters. The van der Waals surface area contributed by atoms with Crippen LogP contribution in [0.15, 0.2) is 18.2 Å². The number of halogens is 1. The molecule has 1 nitrogen and oxygen atoms in total. The average molecular weight is 187 g/mol. The highest BCUT2D eigenvalue weighted by Gasteiger charge is 2.02. The Morgan fingerprint density at radius 2 is 2.18 bits per heavy atom. The van der Waals surface area contributed by atoms with Gasteiger partial charge in [-0.2, -0.15) is 0 Å². The van der Waals surface area contributed by atoms with Crippen molar-refractivity contribution in [3.63, 3.8) is 0 Å². The largest absolute Gasteiger partial charge is 0.294 e. The minimum atomic E-state index is 0.0617. The number of Topliss-reactive ketones (excluding diaryl/α,β-unsaturated/α-hetero) is 1. The van der Waals surface area contributed by atoms with E-state index >= 15 is 0 Å². The summed E-state index contributed by atoms with van der Waals surface area (Å²) in [5.41, 5.74) is 0.708. The monoisotopic (exact) mass is 186 g/mol. The van der Waals surface area contributed by atoms with Gasteiger partial charge in [0.2, 0.25) is 0 Å². The molecule has 0 aliphatic carbocycles. The molecule has 1 aromatic carbocycles. The highest BCUT2D eigenvalue weighted by molar-refractivity contribution is 7.27. The van der Waals surface area contributed by atoms with Crippen molar-refractivity contribution >= 4 is 31.9 Å². The van der Waals surface area contributed by atoms with Gasteiger partial charge in [0, 0.05) is 10.6 Å². The van der Waals surface area contributed by atoms with Crippen LogP contribution in [-0.4, -0.2) is 5.78 Å². The van der Waals surface area contributed by atoms with Crippen molar-refractivity contribution in [2.75, 3.05) is 0 Å². The van der Waals surface area contributed by atoms with E-state index in [1.807, 2.05) is 0 Å². The summed E-state index contributed by atoms with van der Waals surface area (Å²) in [5, 5.41) is 1.50. The Hall–Kier alpha value is -0.390. The van der Waals surface area contributed by atoms with Gasteiger partial charge in [-0.3, -0.25) is 4.79 Å². The molecule has 0 fully saturated rings. The van der Waals surface area contributed by atoms with E-state index in [0.29, 0.717) is 10.6 Å². The van der Waals surface area contributed by atoms with Crippen molar-refractivity contribution in [2.24, 2.45) is 0 Å². The van der Waals surface area contributed by atoms with Gasteiger partial charge >= 0.3 is 0 Å². The van der Waals surface area contributed by atoms with Gasteiger partial charge in [0.05, 0.1) is 0 Å². The Morgan fingerprint density at radius 3 is 2.64 bits per heavy atom. The fraction of sp³-hybridized carbons (Fsp3) is 0.125. The van der Waals surface area contributed by atoms with E-state index in [9.17, 15) is 4.79 Å². The topological polar surface area (TPSA) is 17.1 Å². The van der Waals surface area contributed by atoms with E-state index in [4.69, 9.17) is 11.6 Å². The standard InChI is InChI=1S/C8H8ClOP/c1-5(10)7-3-2-6(9)4-8(7)11/h2-4H,11H2,1H3. The third kappa shape index (κ3) is 2.02. The molecule has 0 aromatic heterocycles. The molecular weight excluding hydrogens is 179 g/mol. The molecule has 0 spiro atoms. The van der Waals surface area contributed by atoms with Gasteiger partial charge in [0.1, 0.15) is 0 Å². The molecule has 0 aliphatic rings. The number of ketones is 1. The van der Waals surface area contributed by atoms with Crippen molar-refractivity contribution in [1.82, 2.24) is 0 Å². The van der Waals surface area contributed by atoms with E-state index in [1.165, 1.54) is 6.92 Å². The number of carbonyl (C=O) groups excluding carboxylic acids is 1. The zero-order valence-electron chi connectivity index (χ0n) is 6.10. The van der Waals surface area contributed by atoms with Crippen molar-refractivity contribution < 1.29 is 4.79 Å². The van der Waals surface area contributed by atoms with Gasteiger partial charge < -0.3 is 0 Å². The molecule has 0 bridgehead atoms. The maximum Gasteiger partial charge on any atom is 0.160 e. The zero-order valence-corrected chi connectivity index (χ0v) is 8.01. The lowest BCUT2D eigenvalue weighted by Gasteiger charge is -2.00. The summed E-state index contributed by atoms with van der Waals surface area (Å²) in [4.78, 5) is 10.9. The molecule has 0 N–H and O–H groups in total. The lowest BCUT2D eigenvalue weighted by atomic mass is 10.1. The summed E-state index contributed by atoms with van der Waals surface area (Å²) in [5.74, 6) is 0.0617. The summed E-state index contributed by atoms with van der Waals surface area (Å²) in [6.45, 7) is 1.54. The van der Waals surface area contributed by atoms with E-state index in [2.05, 4.69) is 9.24 Å². The molecular formula is C8H8ClOP. The smallest absolute Gasteiger partial charge is 0.160 e. The first-order valence-corrected chi connectivity index (χ1v) is 4.13. The highest BCUT2D eigenvalue weighted by atomic mass is 35.5. The maximum absolute atomic E-state index is 10.9. The normalized spacial score (nSPS) is 9.73. The molecule has 58 valence electrons. The number of hydrogen-bond acceptors (Lipinski definition) is 1. The van der Waals surface area contributed by atoms with Crippen molar-refractivity contribution in [3.05, 3.63) is 28.8 Å². The Bertz CT molecular complexity index is 296. The molecule has 0 aliphatic heterocycles. The number of rotatable bonds is 1. The molecule has 3 heteroatoms. The fourth-order valence-corrected chi connectivity index (χ4v) is 1.62. The summed E-state index contributed by atoms with van der Waals surface area (Å²) >= 11 is 5.70. The second-order valence-electron chi connectivity index (χ2n) is 2.29. The van der Waals surface area contributed by atoms with Gasteiger partial charge in [-0.1, -0.05) is 11.6 Å². The van der Waals surface area contributed by atoms with Crippen LogP contribution in [0.2, 0.25) is 5.02 Å². The lowest BCUT2D eigenvalue weighted by Crippen LogP contribution is -2.05. The predicted octanol–water partition coefficient (Wildman–Crippen LogP) is 2.04. The Balaban J connectivity index is 3.20. The van der Waals surface area contributed by atoms with Crippen LogP contribution in [0.5, 0.6) is 0 Å². The SMILES string of the molecule is CC(=O)c1ccc(Cl)cc1P. The fourth-order valence-electron chi connectivity index (χ4n) is 0.854. The Kier molecular flexibility index (Phi) is 2.64. The van der Waals surface area contributed by atoms with Crippen LogP contribution in [-0.2, 0) is 0 Å². The van der Waals surface area contributed by atoms with Crippen LogP contribution in [0.4, 0.5) is 0 Å². The summed E-state index contributed by atoms with van der Waals surface area (Å²) in [6, 6.07) is 5.20. The molecule has 1 rings (SSSR count). The van der Waals surface area contributed by atoms with Crippen molar-refractivity contribution in [2.45, 2.75) is 6.92 Å². The second-order valence-corrected chi connectivity index (χ2v) is 3.35. The highest BCUT2D eigenvalue weighted by Crippen LogP contribution is 2.10. The van der Waals surface area contributed by atoms with Gasteiger partial charge in [0.15, 0.2) is 5.78 Å². The summed E-state index contributed by atoms with van der Waals surface area (Å²) in [6.07, 6.45) is 0. The predicted molar refractivity (Wildman–Crippen MR) is 50.8 cm³/mol. The van der Waals surface area contributed by atoms with Crippen molar-refractivity contribution in [3.8, 4) is 0 Å². The van der Waals surface area contributed by atoms with Gasteiger partial charge in [-0.25, -0.2) is 0 Å². The second kappa shape index (κ2) is 3.34. The third-order valence-corrected chi connectivity index (χ3v) is 2.11. The van der Waals surface area contributed by atoms with Gasteiger partial charge in [-0.15, -0.1) is 9.24 Å². The van der Waals surface area contributed by atoms with Gasteiger partial charge in [-0.05, 0) is 30.4 Å². The number of hydrogen-bond donors (Lipinski definition) is 0. The molecule has 0 heterocycles. The van der Waals surface area contributed by atoms with Crippen molar-refractivity contribution in [1.29, 1.82) is 0 Å². The average Bonchev–Trinajstić information content (AvgIpc) is 1.85. The van der Waals surface area contributed by atoms with E-state index in [0.717, 1.165) is 5.30 Å². The van der Waals surface area contributed by atoms with Crippen LogP contribution in [0, 0.1) is 0 Å². The van der Waals surface area contributed by atoms with Gasteiger partial charge in [0.25, 0.3) is 0 Å². The molecule has 11 heavy (non-hydrogen) atoms. The molecule has 1 aromatic rings. The quantitative estimate of drug-likeness (QED) is 0.485. The minimum absolute atomic E-state index is 0.0617. The van der Waals surface area contributed by atoms with E-state index < -0.39 is 0 Å². The first kappa shape index (κ1) is 8.70. The van der Waals surface area contributed by atoms with E-state index in [1.54, 1.807) is 18.2 Å². The summed E-state index contributed by atoms with van der Waals surface area (Å²) < 4.78 is 0. The molecule has 0 radical (unpaired) electrons. The first-order chi connectivity index (χ1) is 5.11. The third-order valence-electron chi connectivity index (χ3n) is 1.39. The van der Waals surface area contributed by atoms with Crippen LogP contribution in [0.3, 0.4) is 0 Å². The lowest BCUT2D eigenvalue weighted by molar-refractivity contribution is 0.101. The summed E-state index contributed by atoms with van der Waals surface area (Å²) in [7, 11) is 2.48. The minimum Gasteiger partial charge on any atom is -0.294 e. The zero-order chi connectivity index (χ0) is 8.43. The Morgan fingerprint density at radius 1 is 1.55 bits per heavy atom. The van der Waals surface area contributed by atoms with E-state index in [-0.39, 0.29) is 5.78 Å². The first-order valence-electron chi connectivity index (χ1n) is 3.17. The number of benzene rings is 1. The molecule has 0 saturated carbocycles. The number of carbonyl (C=O) groups is 1. The van der Waals surface area contributed by atoms with Crippen LogP contribution < -0.4 is 5.30 Å².